The molecule has 2 aromatic carbocycles. The minimum atomic E-state index is -3.48. The maximum Gasteiger partial charge on any atom is 0.243 e. The highest BCUT2D eigenvalue weighted by atomic mass is 32.2. The van der Waals surface area contributed by atoms with Crippen LogP contribution in [0.2, 0.25) is 0 Å². The van der Waals surface area contributed by atoms with Gasteiger partial charge < -0.3 is 5.32 Å². The summed E-state index contributed by atoms with van der Waals surface area (Å²) in [6.45, 7) is 5.35. The van der Waals surface area contributed by atoms with Gasteiger partial charge in [-0.2, -0.15) is 4.31 Å². The molecule has 1 saturated heterocycles. The summed E-state index contributed by atoms with van der Waals surface area (Å²) >= 11 is 0. The highest BCUT2D eigenvalue weighted by Gasteiger charge is 2.31. The van der Waals surface area contributed by atoms with Gasteiger partial charge >= 0.3 is 0 Å². The first-order valence-electron chi connectivity index (χ1n) is 9.76. The van der Waals surface area contributed by atoms with Gasteiger partial charge in [-0.25, -0.2) is 8.42 Å². The molecular formula is C22H28N2O3S. The van der Waals surface area contributed by atoms with Crippen molar-refractivity contribution in [2.45, 2.75) is 38.0 Å². The zero-order valence-electron chi connectivity index (χ0n) is 16.5. The number of hydrogen-bond acceptors (Lipinski definition) is 3. The van der Waals surface area contributed by atoms with Crippen LogP contribution in [0, 0.1) is 19.8 Å². The van der Waals surface area contributed by atoms with Crippen molar-refractivity contribution in [3.8, 4) is 0 Å². The SMILES string of the molecule is Cc1ccc(S(=O)(=O)N2CCC(C(=O)NCCc3cccc(C)c3)CC2)cc1. The van der Waals surface area contributed by atoms with E-state index in [0.717, 1.165) is 12.0 Å². The maximum atomic E-state index is 12.8. The van der Waals surface area contributed by atoms with E-state index in [1.807, 2.05) is 13.0 Å². The molecule has 2 aromatic rings. The molecule has 1 heterocycles. The van der Waals surface area contributed by atoms with E-state index in [2.05, 4.69) is 30.4 Å². The predicted molar refractivity (Wildman–Crippen MR) is 111 cm³/mol. The fourth-order valence-electron chi connectivity index (χ4n) is 3.56. The predicted octanol–water partition coefficient (Wildman–Crippen LogP) is 3.06. The van der Waals surface area contributed by atoms with Crippen LogP contribution in [-0.4, -0.2) is 38.3 Å². The first-order valence-corrected chi connectivity index (χ1v) is 11.2. The van der Waals surface area contributed by atoms with Gasteiger partial charge in [-0.3, -0.25) is 4.79 Å². The molecule has 150 valence electrons. The maximum absolute atomic E-state index is 12.8. The molecule has 1 amide bonds. The summed E-state index contributed by atoms with van der Waals surface area (Å²) in [7, 11) is -3.48. The Morgan fingerprint density at radius 2 is 1.71 bits per heavy atom. The number of amides is 1. The molecule has 0 unspecified atom stereocenters. The molecule has 0 atom stereocenters. The molecule has 0 radical (unpaired) electrons. The van der Waals surface area contributed by atoms with Crippen LogP contribution in [-0.2, 0) is 21.2 Å². The topological polar surface area (TPSA) is 66.5 Å². The van der Waals surface area contributed by atoms with Crippen LogP contribution < -0.4 is 5.32 Å². The number of nitrogens with one attached hydrogen (secondary N) is 1. The van der Waals surface area contributed by atoms with Crippen LogP contribution in [0.4, 0.5) is 0 Å². The second-order valence-electron chi connectivity index (χ2n) is 7.52. The van der Waals surface area contributed by atoms with Crippen molar-refractivity contribution in [1.29, 1.82) is 0 Å². The number of aryl methyl sites for hydroxylation is 2. The fraction of sp³-hybridized carbons (Fsp3) is 0.409. The van der Waals surface area contributed by atoms with Crippen molar-refractivity contribution in [3.63, 3.8) is 0 Å². The number of sulfonamides is 1. The molecule has 1 aliphatic heterocycles. The van der Waals surface area contributed by atoms with E-state index in [-0.39, 0.29) is 11.8 Å². The summed E-state index contributed by atoms with van der Waals surface area (Å²) in [5.74, 6) is -0.0954. The lowest BCUT2D eigenvalue weighted by molar-refractivity contribution is -0.126. The summed E-state index contributed by atoms with van der Waals surface area (Å²) in [5, 5.41) is 3.00. The van der Waals surface area contributed by atoms with Gasteiger partial charge in [0.2, 0.25) is 15.9 Å². The van der Waals surface area contributed by atoms with Crippen molar-refractivity contribution < 1.29 is 13.2 Å². The Bertz CT molecular complexity index is 915. The standard InChI is InChI=1S/C22H28N2O3S/c1-17-6-8-21(9-7-17)28(26,27)24-14-11-20(12-15-24)22(25)23-13-10-19-5-3-4-18(2)16-19/h3-9,16,20H,10-15H2,1-2H3,(H,23,25). The number of piperidine rings is 1. The van der Waals surface area contributed by atoms with E-state index in [9.17, 15) is 13.2 Å². The van der Waals surface area contributed by atoms with Crippen molar-refractivity contribution in [1.82, 2.24) is 9.62 Å². The zero-order chi connectivity index (χ0) is 20.1. The van der Waals surface area contributed by atoms with Crippen LogP contribution in [0.1, 0.15) is 29.5 Å². The van der Waals surface area contributed by atoms with Crippen LogP contribution in [0.25, 0.3) is 0 Å². The Labute approximate surface area is 167 Å². The van der Waals surface area contributed by atoms with Crippen molar-refractivity contribution >= 4 is 15.9 Å². The van der Waals surface area contributed by atoms with Crippen molar-refractivity contribution in [2.24, 2.45) is 5.92 Å². The Hall–Kier alpha value is -2.18. The minimum absolute atomic E-state index is 0.0278. The normalized spacial score (nSPS) is 16.1. The third kappa shape index (κ3) is 5.00. The quantitative estimate of drug-likeness (QED) is 0.810. The minimum Gasteiger partial charge on any atom is -0.356 e. The molecule has 0 bridgehead atoms. The lowest BCUT2D eigenvalue weighted by atomic mass is 9.97. The first kappa shape index (κ1) is 20.6. The molecule has 5 nitrogen and oxygen atoms in total. The number of hydrogen-bond donors (Lipinski definition) is 1. The molecule has 3 rings (SSSR count). The van der Waals surface area contributed by atoms with E-state index >= 15 is 0 Å². The molecule has 0 saturated carbocycles. The average Bonchev–Trinajstić information content (AvgIpc) is 2.68. The molecule has 6 heteroatoms. The van der Waals surface area contributed by atoms with Gasteiger partial charge in [0.1, 0.15) is 0 Å². The third-order valence-electron chi connectivity index (χ3n) is 5.28. The number of carbonyl (C=O) groups excluding carboxylic acids is 1. The van der Waals surface area contributed by atoms with Crippen molar-refractivity contribution in [2.75, 3.05) is 19.6 Å². The van der Waals surface area contributed by atoms with Crippen molar-refractivity contribution in [3.05, 3.63) is 65.2 Å². The van der Waals surface area contributed by atoms with E-state index in [1.165, 1.54) is 15.4 Å². The average molecular weight is 401 g/mol. The molecule has 28 heavy (non-hydrogen) atoms. The Balaban J connectivity index is 1.49. The summed E-state index contributed by atoms with van der Waals surface area (Å²) in [6, 6.07) is 15.2. The molecule has 1 aliphatic rings. The van der Waals surface area contributed by atoms with Crippen LogP contribution in [0.15, 0.2) is 53.4 Å². The van der Waals surface area contributed by atoms with E-state index in [0.29, 0.717) is 37.4 Å². The van der Waals surface area contributed by atoms with Crippen LogP contribution in [0.3, 0.4) is 0 Å². The van der Waals surface area contributed by atoms with Gasteiger partial charge in [0.25, 0.3) is 0 Å². The largest absolute Gasteiger partial charge is 0.356 e. The highest BCUT2D eigenvalue weighted by molar-refractivity contribution is 7.89. The second-order valence-corrected chi connectivity index (χ2v) is 9.46. The van der Waals surface area contributed by atoms with Gasteiger partial charge in [-0.05, 0) is 50.8 Å². The fourth-order valence-corrected chi connectivity index (χ4v) is 5.03. The smallest absolute Gasteiger partial charge is 0.243 e. The summed E-state index contributed by atoms with van der Waals surface area (Å²) < 4.78 is 27.0. The van der Waals surface area contributed by atoms with E-state index in [1.54, 1.807) is 24.3 Å². The summed E-state index contributed by atoms with van der Waals surface area (Å²) in [4.78, 5) is 12.8. The van der Waals surface area contributed by atoms with Gasteiger partial charge in [-0.1, -0.05) is 47.5 Å². The van der Waals surface area contributed by atoms with Gasteiger partial charge in [0.05, 0.1) is 4.90 Å². The van der Waals surface area contributed by atoms with E-state index < -0.39 is 10.0 Å². The molecule has 1 N–H and O–H groups in total. The second kappa shape index (κ2) is 8.88. The lowest BCUT2D eigenvalue weighted by Crippen LogP contribution is -2.43. The summed E-state index contributed by atoms with van der Waals surface area (Å²) in [6.07, 6.45) is 1.91. The summed E-state index contributed by atoms with van der Waals surface area (Å²) in [5.41, 5.74) is 3.45. The Morgan fingerprint density at radius 1 is 1.04 bits per heavy atom. The first-order chi connectivity index (χ1) is 13.4. The lowest BCUT2D eigenvalue weighted by Gasteiger charge is -2.30. The third-order valence-corrected chi connectivity index (χ3v) is 7.19. The Kier molecular flexibility index (Phi) is 6.52. The Morgan fingerprint density at radius 3 is 2.36 bits per heavy atom. The monoisotopic (exact) mass is 400 g/mol. The van der Waals surface area contributed by atoms with Gasteiger partial charge in [0, 0.05) is 25.6 Å². The molecule has 1 fully saturated rings. The molecular weight excluding hydrogens is 372 g/mol. The number of rotatable bonds is 6. The molecule has 0 aliphatic carbocycles. The number of carbonyl (C=O) groups is 1. The van der Waals surface area contributed by atoms with Gasteiger partial charge in [-0.15, -0.1) is 0 Å². The van der Waals surface area contributed by atoms with E-state index in [4.69, 9.17) is 0 Å². The number of nitrogens with zero attached hydrogens (tertiary/aromatic N) is 1. The van der Waals surface area contributed by atoms with Gasteiger partial charge in [0.15, 0.2) is 0 Å². The zero-order valence-corrected chi connectivity index (χ0v) is 17.3. The number of benzene rings is 2. The van der Waals surface area contributed by atoms with Crippen LogP contribution in [0.5, 0.6) is 0 Å². The van der Waals surface area contributed by atoms with Crippen LogP contribution >= 0.6 is 0 Å². The molecule has 0 spiro atoms. The highest BCUT2D eigenvalue weighted by Crippen LogP contribution is 2.24. The molecule has 0 aromatic heterocycles.